The van der Waals surface area contributed by atoms with Crippen molar-refractivity contribution in [1.82, 2.24) is 9.97 Å². The molecule has 2 heterocycles. The molecule has 3 rings (SSSR count). The van der Waals surface area contributed by atoms with Gasteiger partial charge in [0.15, 0.2) is 11.7 Å². The van der Waals surface area contributed by atoms with Crippen molar-refractivity contribution in [2.45, 2.75) is 19.6 Å². The predicted molar refractivity (Wildman–Crippen MR) is 77.4 cm³/mol. The standard InChI is InChI=1S/C15H13N3O4/c1-15(2)21-13(19)10(14(20)22-15)7-16-12-9-5-3-4-6-11(9)17-8-18-12/h3-8,10H,1-2H3. The van der Waals surface area contributed by atoms with E-state index in [0.717, 1.165) is 10.9 Å². The molecule has 0 amide bonds. The molecular weight excluding hydrogens is 286 g/mol. The number of fused-ring (bicyclic) bond motifs is 1. The van der Waals surface area contributed by atoms with E-state index in [4.69, 9.17) is 9.47 Å². The summed E-state index contributed by atoms with van der Waals surface area (Å²) in [6.07, 6.45) is 2.56. The van der Waals surface area contributed by atoms with Crippen LogP contribution in [0, 0.1) is 5.92 Å². The third kappa shape index (κ3) is 2.65. The molecule has 7 nitrogen and oxygen atoms in total. The fourth-order valence-electron chi connectivity index (χ4n) is 2.09. The second-order valence-corrected chi connectivity index (χ2v) is 5.21. The minimum absolute atomic E-state index is 0.371. The average Bonchev–Trinajstić information content (AvgIpc) is 2.45. The molecule has 0 N–H and O–H groups in total. The summed E-state index contributed by atoms with van der Waals surface area (Å²) >= 11 is 0. The molecule has 22 heavy (non-hydrogen) atoms. The first-order chi connectivity index (χ1) is 10.5. The zero-order valence-corrected chi connectivity index (χ0v) is 12.0. The smallest absolute Gasteiger partial charge is 0.329 e. The Bertz CT molecular complexity index is 760. The van der Waals surface area contributed by atoms with Gasteiger partial charge < -0.3 is 9.47 Å². The molecule has 0 spiro atoms. The number of carbonyl (C=O) groups excluding carboxylic acids is 2. The number of nitrogens with zero attached hydrogens (tertiary/aromatic N) is 3. The fraction of sp³-hybridized carbons (Fsp3) is 0.267. The van der Waals surface area contributed by atoms with Gasteiger partial charge in [0, 0.05) is 25.4 Å². The average molecular weight is 299 g/mol. The number of para-hydroxylation sites is 1. The number of cyclic esters (lactones) is 2. The number of hydrogen-bond acceptors (Lipinski definition) is 7. The third-order valence-corrected chi connectivity index (χ3v) is 3.07. The van der Waals surface area contributed by atoms with Crippen LogP contribution in [0.4, 0.5) is 5.82 Å². The number of ether oxygens (including phenoxy) is 2. The van der Waals surface area contributed by atoms with Crippen LogP contribution in [0.5, 0.6) is 0 Å². The fourth-order valence-corrected chi connectivity index (χ4v) is 2.09. The van der Waals surface area contributed by atoms with Gasteiger partial charge in [0.2, 0.25) is 0 Å². The lowest BCUT2D eigenvalue weighted by Gasteiger charge is -2.31. The van der Waals surface area contributed by atoms with E-state index in [1.807, 2.05) is 24.3 Å². The Morgan fingerprint density at radius 2 is 1.82 bits per heavy atom. The Kier molecular flexibility index (Phi) is 3.32. The van der Waals surface area contributed by atoms with Crippen LogP contribution in [0.15, 0.2) is 35.6 Å². The molecule has 0 saturated carbocycles. The summed E-state index contributed by atoms with van der Waals surface area (Å²) in [6.45, 7) is 2.99. The van der Waals surface area contributed by atoms with Gasteiger partial charge in [-0.3, -0.25) is 9.59 Å². The Labute approximate surface area is 126 Å². The molecule has 0 aliphatic carbocycles. The van der Waals surface area contributed by atoms with Crippen molar-refractivity contribution in [3.05, 3.63) is 30.6 Å². The molecule has 7 heteroatoms. The summed E-state index contributed by atoms with van der Waals surface area (Å²) in [4.78, 5) is 36.0. The summed E-state index contributed by atoms with van der Waals surface area (Å²) in [7, 11) is 0. The Hall–Kier alpha value is -2.83. The highest BCUT2D eigenvalue weighted by atomic mass is 16.7. The van der Waals surface area contributed by atoms with Gasteiger partial charge in [-0.15, -0.1) is 0 Å². The topological polar surface area (TPSA) is 90.7 Å². The van der Waals surface area contributed by atoms with Crippen molar-refractivity contribution >= 4 is 34.9 Å². The highest BCUT2D eigenvalue weighted by Crippen LogP contribution is 2.24. The normalized spacial score (nSPS) is 18.5. The number of esters is 2. The SMILES string of the molecule is CC1(C)OC(=O)C(C=Nc2ncnc3ccccc23)C(=O)O1. The Morgan fingerprint density at radius 3 is 2.55 bits per heavy atom. The lowest BCUT2D eigenvalue weighted by atomic mass is 10.1. The largest absolute Gasteiger partial charge is 0.422 e. The molecular formula is C15H13N3O4. The van der Waals surface area contributed by atoms with E-state index in [-0.39, 0.29) is 0 Å². The Balaban J connectivity index is 1.90. The minimum atomic E-state index is -1.25. The maximum atomic E-state index is 11.9. The molecule has 1 saturated heterocycles. The second kappa shape index (κ2) is 5.18. The van der Waals surface area contributed by atoms with Crippen molar-refractivity contribution in [2.75, 3.05) is 0 Å². The highest BCUT2D eigenvalue weighted by molar-refractivity contribution is 6.10. The van der Waals surface area contributed by atoms with Crippen LogP contribution in [-0.4, -0.2) is 33.9 Å². The van der Waals surface area contributed by atoms with Crippen molar-refractivity contribution < 1.29 is 19.1 Å². The number of carbonyl (C=O) groups is 2. The van der Waals surface area contributed by atoms with E-state index in [1.54, 1.807) is 0 Å². The maximum absolute atomic E-state index is 11.9. The van der Waals surface area contributed by atoms with Crippen LogP contribution >= 0.6 is 0 Å². The minimum Gasteiger partial charge on any atom is -0.422 e. The number of hydrogen-bond donors (Lipinski definition) is 0. The van der Waals surface area contributed by atoms with Gasteiger partial charge in [0.25, 0.3) is 5.79 Å². The number of benzene rings is 1. The maximum Gasteiger partial charge on any atom is 0.329 e. The molecule has 1 aromatic carbocycles. The van der Waals surface area contributed by atoms with Gasteiger partial charge in [-0.1, -0.05) is 12.1 Å². The van der Waals surface area contributed by atoms with E-state index in [2.05, 4.69) is 15.0 Å². The number of rotatable bonds is 2. The van der Waals surface area contributed by atoms with E-state index in [1.165, 1.54) is 26.4 Å². The van der Waals surface area contributed by atoms with Crippen LogP contribution in [0.1, 0.15) is 13.8 Å². The monoisotopic (exact) mass is 299 g/mol. The van der Waals surface area contributed by atoms with Crippen molar-refractivity contribution in [1.29, 1.82) is 0 Å². The van der Waals surface area contributed by atoms with E-state index >= 15 is 0 Å². The van der Waals surface area contributed by atoms with Crippen molar-refractivity contribution in [2.24, 2.45) is 10.9 Å². The van der Waals surface area contributed by atoms with Crippen LogP contribution in [0.25, 0.3) is 10.9 Å². The highest BCUT2D eigenvalue weighted by Gasteiger charge is 2.42. The molecule has 1 aliphatic rings. The molecule has 0 unspecified atom stereocenters. The number of aliphatic imine (C=N–C) groups is 1. The summed E-state index contributed by atoms with van der Waals surface area (Å²) in [5.41, 5.74) is 0.722. The third-order valence-electron chi connectivity index (χ3n) is 3.07. The molecule has 0 bridgehead atoms. The van der Waals surface area contributed by atoms with Crippen molar-refractivity contribution in [3.63, 3.8) is 0 Å². The molecule has 1 aromatic heterocycles. The molecule has 1 fully saturated rings. The van der Waals surface area contributed by atoms with E-state index in [9.17, 15) is 9.59 Å². The molecule has 0 radical (unpaired) electrons. The molecule has 112 valence electrons. The molecule has 0 atom stereocenters. The first-order valence-electron chi connectivity index (χ1n) is 6.66. The van der Waals surface area contributed by atoms with E-state index in [0.29, 0.717) is 5.82 Å². The summed E-state index contributed by atoms with van der Waals surface area (Å²) in [5.74, 6) is -3.45. The van der Waals surface area contributed by atoms with Crippen LogP contribution in [-0.2, 0) is 19.1 Å². The Morgan fingerprint density at radius 1 is 1.14 bits per heavy atom. The predicted octanol–water partition coefficient (Wildman–Crippen LogP) is 1.78. The lowest BCUT2D eigenvalue weighted by Crippen LogP contribution is -2.46. The first kappa shape index (κ1) is 14.1. The van der Waals surface area contributed by atoms with Crippen LogP contribution < -0.4 is 0 Å². The second-order valence-electron chi connectivity index (χ2n) is 5.21. The quantitative estimate of drug-likeness (QED) is 0.477. The molecule has 2 aromatic rings. The zero-order valence-electron chi connectivity index (χ0n) is 12.0. The van der Waals surface area contributed by atoms with Gasteiger partial charge >= 0.3 is 11.9 Å². The van der Waals surface area contributed by atoms with Crippen molar-refractivity contribution in [3.8, 4) is 0 Å². The zero-order chi connectivity index (χ0) is 15.7. The van der Waals surface area contributed by atoms with Gasteiger partial charge in [0.1, 0.15) is 6.33 Å². The van der Waals surface area contributed by atoms with E-state index < -0.39 is 23.6 Å². The van der Waals surface area contributed by atoms with Gasteiger partial charge in [-0.05, 0) is 12.1 Å². The van der Waals surface area contributed by atoms with Crippen LogP contribution in [0.2, 0.25) is 0 Å². The summed E-state index contributed by atoms with van der Waals surface area (Å²) in [5, 5.41) is 0.721. The van der Waals surface area contributed by atoms with Crippen LogP contribution in [0.3, 0.4) is 0 Å². The summed E-state index contributed by atoms with van der Waals surface area (Å²) < 4.78 is 10.1. The summed E-state index contributed by atoms with van der Waals surface area (Å²) in [6, 6.07) is 7.31. The first-order valence-corrected chi connectivity index (χ1v) is 6.66. The number of aromatic nitrogens is 2. The van der Waals surface area contributed by atoms with Gasteiger partial charge in [0.05, 0.1) is 5.52 Å². The lowest BCUT2D eigenvalue weighted by molar-refractivity contribution is -0.235. The molecule has 1 aliphatic heterocycles. The van der Waals surface area contributed by atoms with Gasteiger partial charge in [-0.25, -0.2) is 15.0 Å². The van der Waals surface area contributed by atoms with Gasteiger partial charge in [-0.2, -0.15) is 0 Å².